The lowest BCUT2D eigenvalue weighted by molar-refractivity contribution is 0.0197. The zero-order chi connectivity index (χ0) is 21.6. The number of rotatable bonds is 7. The predicted octanol–water partition coefficient (Wildman–Crippen LogP) is 3.80. The molecule has 2 atom stereocenters. The SMILES string of the molecule is CCSCC[C@@H](C)NC(=O)c1cn(C)nc1[C@@H]1CCCN(C(=O)OC(C)(C)C)C1. The molecule has 0 bridgehead atoms. The number of amides is 2. The second-order valence-corrected chi connectivity index (χ2v) is 10.1. The molecule has 0 radical (unpaired) electrons. The Labute approximate surface area is 178 Å². The topological polar surface area (TPSA) is 76.5 Å². The van der Waals surface area contributed by atoms with Crippen molar-refractivity contribution in [3.8, 4) is 0 Å². The van der Waals surface area contributed by atoms with Crippen LogP contribution in [0.2, 0.25) is 0 Å². The zero-order valence-electron chi connectivity index (χ0n) is 18.7. The van der Waals surface area contributed by atoms with Gasteiger partial charge < -0.3 is 15.0 Å². The molecule has 1 aromatic rings. The van der Waals surface area contributed by atoms with Crippen LogP contribution in [0.4, 0.5) is 4.79 Å². The van der Waals surface area contributed by atoms with Crippen molar-refractivity contribution in [2.75, 3.05) is 24.6 Å². The van der Waals surface area contributed by atoms with Gasteiger partial charge in [0.2, 0.25) is 0 Å². The van der Waals surface area contributed by atoms with Crippen molar-refractivity contribution < 1.29 is 14.3 Å². The molecule has 7 nitrogen and oxygen atoms in total. The van der Waals surface area contributed by atoms with E-state index in [9.17, 15) is 9.59 Å². The standard InChI is InChI=1S/C21H36N4O3S/c1-7-29-12-10-15(2)22-19(26)17-14-24(6)23-18(17)16-9-8-11-25(13-16)20(27)28-21(3,4)5/h14-16H,7-13H2,1-6H3,(H,22,26)/t15-,16-/m1/s1. The van der Waals surface area contributed by atoms with E-state index in [-0.39, 0.29) is 24.0 Å². The summed E-state index contributed by atoms with van der Waals surface area (Å²) >= 11 is 1.88. The third-order valence-electron chi connectivity index (χ3n) is 4.84. The highest BCUT2D eigenvalue weighted by molar-refractivity contribution is 7.99. The van der Waals surface area contributed by atoms with Crippen molar-refractivity contribution in [2.24, 2.45) is 7.05 Å². The average Bonchev–Trinajstić information content (AvgIpc) is 3.02. The van der Waals surface area contributed by atoms with Gasteiger partial charge in [-0.05, 0) is 58.5 Å². The number of hydrogen-bond acceptors (Lipinski definition) is 5. The van der Waals surface area contributed by atoms with Crippen LogP contribution in [0.1, 0.15) is 75.9 Å². The van der Waals surface area contributed by atoms with Gasteiger partial charge in [0.05, 0.1) is 11.3 Å². The zero-order valence-corrected chi connectivity index (χ0v) is 19.5. The van der Waals surface area contributed by atoms with Crippen molar-refractivity contribution in [3.63, 3.8) is 0 Å². The smallest absolute Gasteiger partial charge is 0.410 e. The van der Waals surface area contributed by atoms with E-state index in [1.165, 1.54) is 0 Å². The van der Waals surface area contributed by atoms with Gasteiger partial charge in [0, 0.05) is 38.3 Å². The number of piperidine rings is 1. The Balaban J connectivity index is 2.07. The molecule has 2 rings (SSSR count). The maximum atomic E-state index is 12.9. The molecule has 1 fully saturated rings. The Bertz CT molecular complexity index is 699. The number of carbonyl (C=O) groups excluding carboxylic acids is 2. The Morgan fingerprint density at radius 3 is 2.79 bits per heavy atom. The minimum Gasteiger partial charge on any atom is -0.444 e. The minimum atomic E-state index is -0.522. The summed E-state index contributed by atoms with van der Waals surface area (Å²) in [5, 5.41) is 7.68. The molecule has 164 valence electrons. The third-order valence-corrected chi connectivity index (χ3v) is 5.77. The van der Waals surface area contributed by atoms with Crippen LogP contribution in [0.15, 0.2) is 6.20 Å². The summed E-state index contributed by atoms with van der Waals surface area (Å²) in [4.78, 5) is 27.1. The van der Waals surface area contributed by atoms with Crippen LogP contribution >= 0.6 is 11.8 Å². The maximum absolute atomic E-state index is 12.9. The molecule has 8 heteroatoms. The largest absolute Gasteiger partial charge is 0.444 e. The van der Waals surface area contributed by atoms with Gasteiger partial charge in [0.15, 0.2) is 0 Å². The first-order valence-corrected chi connectivity index (χ1v) is 11.7. The molecule has 0 aliphatic carbocycles. The van der Waals surface area contributed by atoms with Gasteiger partial charge in [-0.2, -0.15) is 16.9 Å². The minimum absolute atomic E-state index is 0.0316. The molecule has 1 saturated heterocycles. The summed E-state index contributed by atoms with van der Waals surface area (Å²) in [6, 6.07) is 0.110. The van der Waals surface area contributed by atoms with E-state index in [1.54, 1.807) is 15.8 Å². The number of hydrogen-bond donors (Lipinski definition) is 1. The Morgan fingerprint density at radius 1 is 1.41 bits per heavy atom. The Morgan fingerprint density at radius 2 is 2.14 bits per heavy atom. The van der Waals surface area contributed by atoms with E-state index in [4.69, 9.17) is 4.74 Å². The first-order chi connectivity index (χ1) is 13.6. The summed E-state index contributed by atoms with van der Waals surface area (Å²) < 4.78 is 7.21. The Hall–Kier alpha value is -1.70. The fourth-order valence-corrected chi connectivity index (χ4v) is 4.26. The van der Waals surface area contributed by atoms with Gasteiger partial charge in [-0.25, -0.2) is 4.79 Å². The molecule has 0 saturated carbocycles. The van der Waals surface area contributed by atoms with Crippen molar-refractivity contribution >= 4 is 23.8 Å². The van der Waals surface area contributed by atoms with E-state index < -0.39 is 5.60 Å². The predicted molar refractivity (Wildman–Crippen MR) is 118 cm³/mol. The van der Waals surface area contributed by atoms with E-state index in [2.05, 4.69) is 17.3 Å². The molecule has 1 aliphatic rings. The summed E-state index contributed by atoms with van der Waals surface area (Å²) in [5.41, 5.74) is 0.860. The lowest BCUT2D eigenvalue weighted by atomic mass is 9.92. The number of likely N-dealkylation sites (tertiary alicyclic amines) is 1. The molecule has 29 heavy (non-hydrogen) atoms. The molecule has 2 heterocycles. The molecule has 0 aromatic carbocycles. The molecule has 1 N–H and O–H groups in total. The fraction of sp³-hybridized carbons (Fsp3) is 0.762. The van der Waals surface area contributed by atoms with Gasteiger partial charge >= 0.3 is 6.09 Å². The van der Waals surface area contributed by atoms with E-state index in [0.29, 0.717) is 18.7 Å². The number of thioether (sulfide) groups is 1. The average molecular weight is 425 g/mol. The molecular weight excluding hydrogens is 388 g/mol. The van der Waals surface area contributed by atoms with E-state index in [1.807, 2.05) is 46.5 Å². The molecular formula is C21H36N4O3S. The number of aromatic nitrogens is 2. The van der Waals surface area contributed by atoms with E-state index >= 15 is 0 Å². The van der Waals surface area contributed by atoms with Crippen molar-refractivity contribution in [2.45, 2.75) is 71.4 Å². The normalized spacial score (nSPS) is 18.4. The lowest BCUT2D eigenvalue weighted by Gasteiger charge is -2.33. The van der Waals surface area contributed by atoms with Crippen LogP contribution in [0.5, 0.6) is 0 Å². The summed E-state index contributed by atoms with van der Waals surface area (Å²) in [6.45, 7) is 11.0. The summed E-state index contributed by atoms with van der Waals surface area (Å²) in [6.07, 6.45) is 4.19. The van der Waals surface area contributed by atoms with Crippen LogP contribution in [0.25, 0.3) is 0 Å². The third kappa shape index (κ3) is 7.24. The van der Waals surface area contributed by atoms with Crippen molar-refractivity contribution in [3.05, 3.63) is 17.5 Å². The van der Waals surface area contributed by atoms with E-state index in [0.717, 1.165) is 36.5 Å². The highest BCUT2D eigenvalue weighted by Gasteiger charge is 2.32. The molecule has 0 spiro atoms. The second kappa shape index (κ2) is 10.4. The van der Waals surface area contributed by atoms with Crippen LogP contribution in [0, 0.1) is 0 Å². The van der Waals surface area contributed by atoms with Gasteiger partial charge in [-0.1, -0.05) is 6.92 Å². The van der Waals surface area contributed by atoms with Crippen LogP contribution < -0.4 is 5.32 Å². The highest BCUT2D eigenvalue weighted by atomic mass is 32.2. The Kier molecular flexibility index (Phi) is 8.43. The van der Waals surface area contributed by atoms with Crippen molar-refractivity contribution in [1.29, 1.82) is 0 Å². The monoisotopic (exact) mass is 424 g/mol. The maximum Gasteiger partial charge on any atom is 0.410 e. The second-order valence-electron chi connectivity index (χ2n) is 8.73. The van der Waals surface area contributed by atoms with Gasteiger partial charge in [-0.3, -0.25) is 9.48 Å². The quantitative estimate of drug-likeness (QED) is 0.674. The van der Waals surface area contributed by atoms with Crippen LogP contribution in [0.3, 0.4) is 0 Å². The molecule has 1 aliphatic heterocycles. The summed E-state index contributed by atoms with van der Waals surface area (Å²) in [7, 11) is 1.83. The highest BCUT2D eigenvalue weighted by Crippen LogP contribution is 2.29. The van der Waals surface area contributed by atoms with Crippen LogP contribution in [-0.4, -0.2) is 62.9 Å². The first-order valence-electron chi connectivity index (χ1n) is 10.5. The number of aryl methyl sites for hydroxylation is 1. The summed E-state index contributed by atoms with van der Waals surface area (Å²) in [5.74, 6) is 2.06. The van der Waals surface area contributed by atoms with Gasteiger partial charge in [0.25, 0.3) is 5.91 Å². The van der Waals surface area contributed by atoms with Crippen molar-refractivity contribution in [1.82, 2.24) is 20.0 Å². The number of nitrogens with zero attached hydrogens (tertiary/aromatic N) is 3. The van der Waals surface area contributed by atoms with Gasteiger partial charge in [0.1, 0.15) is 5.60 Å². The molecule has 2 amide bonds. The fourth-order valence-electron chi connectivity index (χ4n) is 3.45. The lowest BCUT2D eigenvalue weighted by Crippen LogP contribution is -2.42. The first kappa shape index (κ1) is 23.6. The molecule has 1 aromatic heterocycles. The number of nitrogens with one attached hydrogen (secondary N) is 1. The van der Waals surface area contributed by atoms with Crippen LogP contribution in [-0.2, 0) is 11.8 Å². The van der Waals surface area contributed by atoms with Gasteiger partial charge in [-0.15, -0.1) is 0 Å². The number of carbonyl (C=O) groups is 2. The molecule has 0 unspecified atom stereocenters. The number of ether oxygens (including phenoxy) is 1.